The summed E-state index contributed by atoms with van der Waals surface area (Å²) in [6.07, 6.45) is 0. The summed E-state index contributed by atoms with van der Waals surface area (Å²) in [4.78, 5) is 10.4. The fourth-order valence-corrected chi connectivity index (χ4v) is 0.820. The Bertz CT molecular complexity index is 122. The van der Waals surface area contributed by atoms with Gasteiger partial charge in [0.15, 0.2) is 0 Å². The van der Waals surface area contributed by atoms with E-state index in [4.69, 9.17) is 5.73 Å². The molecule has 0 spiro atoms. The molecule has 60 valence electrons. The van der Waals surface area contributed by atoms with Crippen LogP contribution in [0.1, 0.15) is 13.8 Å². The second-order valence-electron chi connectivity index (χ2n) is 2.90. The third kappa shape index (κ3) is 4.14. The van der Waals surface area contributed by atoms with Gasteiger partial charge < -0.3 is 16.4 Å². The standard InChI is InChI=1S/C6H15N3O/c1-6(2,4-8-3)9-5(7)10/h8H,4H2,1-3H3,(H3,7,9,10). The number of hydrogen-bond donors (Lipinski definition) is 3. The molecule has 0 saturated heterocycles. The van der Waals surface area contributed by atoms with E-state index in [1.165, 1.54) is 0 Å². The molecule has 4 N–H and O–H groups in total. The molecule has 0 bridgehead atoms. The molecule has 4 heteroatoms. The van der Waals surface area contributed by atoms with Crippen molar-refractivity contribution >= 4 is 6.03 Å². The molecule has 0 radical (unpaired) electrons. The molecule has 0 aliphatic rings. The van der Waals surface area contributed by atoms with Gasteiger partial charge in [-0.05, 0) is 20.9 Å². The molecule has 0 aliphatic heterocycles. The number of urea groups is 1. The second kappa shape index (κ2) is 3.41. The van der Waals surface area contributed by atoms with Gasteiger partial charge in [0.25, 0.3) is 0 Å². The zero-order chi connectivity index (χ0) is 8.20. The fourth-order valence-electron chi connectivity index (χ4n) is 0.820. The highest BCUT2D eigenvalue weighted by molar-refractivity contribution is 5.72. The third-order valence-corrected chi connectivity index (χ3v) is 1.08. The lowest BCUT2D eigenvalue weighted by molar-refractivity contribution is 0.237. The number of likely N-dealkylation sites (N-methyl/N-ethyl adjacent to an activating group) is 1. The van der Waals surface area contributed by atoms with E-state index in [2.05, 4.69) is 10.6 Å². The monoisotopic (exact) mass is 145 g/mol. The van der Waals surface area contributed by atoms with Gasteiger partial charge in [-0.2, -0.15) is 0 Å². The van der Waals surface area contributed by atoms with E-state index in [1.807, 2.05) is 20.9 Å². The Morgan fingerprint density at radius 3 is 2.40 bits per heavy atom. The Hall–Kier alpha value is -0.770. The molecule has 0 saturated carbocycles. The van der Waals surface area contributed by atoms with Crippen LogP contribution in [0.15, 0.2) is 0 Å². The molecular weight excluding hydrogens is 130 g/mol. The van der Waals surface area contributed by atoms with Crippen LogP contribution in [0.2, 0.25) is 0 Å². The van der Waals surface area contributed by atoms with E-state index in [0.29, 0.717) is 6.54 Å². The maximum atomic E-state index is 10.4. The number of primary amides is 1. The predicted molar refractivity (Wildman–Crippen MR) is 40.7 cm³/mol. The molecule has 0 fully saturated rings. The molecule has 0 atom stereocenters. The van der Waals surface area contributed by atoms with Crippen molar-refractivity contribution in [2.45, 2.75) is 19.4 Å². The molecule has 4 nitrogen and oxygen atoms in total. The molecule has 10 heavy (non-hydrogen) atoms. The molecule has 0 heterocycles. The average molecular weight is 145 g/mol. The number of nitrogens with two attached hydrogens (primary N) is 1. The molecule has 0 aromatic heterocycles. The average Bonchev–Trinajstić information content (AvgIpc) is 1.59. The lowest BCUT2D eigenvalue weighted by Crippen LogP contribution is -2.51. The van der Waals surface area contributed by atoms with Gasteiger partial charge in [-0.3, -0.25) is 0 Å². The first-order chi connectivity index (χ1) is 4.48. The van der Waals surface area contributed by atoms with Crippen molar-refractivity contribution in [2.75, 3.05) is 13.6 Å². The lowest BCUT2D eigenvalue weighted by Gasteiger charge is -2.24. The zero-order valence-corrected chi connectivity index (χ0v) is 6.69. The normalized spacial score (nSPS) is 11.1. The summed E-state index contributed by atoms with van der Waals surface area (Å²) >= 11 is 0. The molecule has 0 aromatic carbocycles. The van der Waals surface area contributed by atoms with Gasteiger partial charge in [-0.1, -0.05) is 0 Å². The largest absolute Gasteiger partial charge is 0.352 e. The minimum absolute atomic E-state index is 0.263. The van der Waals surface area contributed by atoms with Crippen LogP contribution in [0.3, 0.4) is 0 Å². The smallest absolute Gasteiger partial charge is 0.312 e. The maximum absolute atomic E-state index is 10.4. The summed E-state index contributed by atoms with van der Waals surface area (Å²) in [5, 5.41) is 5.54. The summed E-state index contributed by atoms with van der Waals surface area (Å²) < 4.78 is 0. The van der Waals surface area contributed by atoms with Crippen molar-refractivity contribution < 1.29 is 4.79 Å². The van der Waals surface area contributed by atoms with Crippen molar-refractivity contribution in [3.8, 4) is 0 Å². The van der Waals surface area contributed by atoms with Crippen molar-refractivity contribution in [3.63, 3.8) is 0 Å². The highest BCUT2D eigenvalue weighted by atomic mass is 16.2. The molecule has 0 aliphatic carbocycles. The van der Waals surface area contributed by atoms with Crippen LogP contribution in [0.4, 0.5) is 4.79 Å². The summed E-state index contributed by atoms with van der Waals surface area (Å²) in [6.45, 7) is 4.50. The first-order valence-electron chi connectivity index (χ1n) is 3.20. The Morgan fingerprint density at radius 1 is 1.60 bits per heavy atom. The maximum Gasteiger partial charge on any atom is 0.312 e. The minimum atomic E-state index is -0.486. The van der Waals surface area contributed by atoms with Crippen LogP contribution in [-0.2, 0) is 0 Å². The van der Waals surface area contributed by atoms with E-state index in [9.17, 15) is 4.79 Å². The number of hydrogen-bond acceptors (Lipinski definition) is 2. The topological polar surface area (TPSA) is 67.2 Å². The molecule has 0 unspecified atom stereocenters. The van der Waals surface area contributed by atoms with Crippen molar-refractivity contribution in [1.29, 1.82) is 0 Å². The Balaban J connectivity index is 3.74. The van der Waals surface area contributed by atoms with E-state index >= 15 is 0 Å². The fraction of sp³-hybridized carbons (Fsp3) is 0.833. The van der Waals surface area contributed by atoms with Crippen LogP contribution in [0.25, 0.3) is 0 Å². The summed E-state index contributed by atoms with van der Waals surface area (Å²) in [7, 11) is 1.82. The van der Waals surface area contributed by atoms with Gasteiger partial charge in [0.2, 0.25) is 0 Å². The second-order valence-corrected chi connectivity index (χ2v) is 2.90. The van der Waals surface area contributed by atoms with E-state index in [0.717, 1.165) is 0 Å². The van der Waals surface area contributed by atoms with Gasteiger partial charge in [0, 0.05) is 12.1 Å². The van der Waals surface area contributed by atoms with Gasteiger partial charge >= 0.3 is 6.03 Å². The van der Waals surface area contributed by atoms with Crippen LogP contribution < -0.4 is 16.4 Å². The minimum Gasteiger partial charge on any atom is -0.352 e. The predicted octanol–water partition coefficient (Wildman–Crippen LogP) is -0.347. The number of nitrogens with one attached hydrogen (secondary N) is 2. The Morgan fingerprint density at radius 2 is 2.10 bits per heavy atom. The molecule has 0 aromatic rings. The number of amides is 2. The Kier molecular flexibility index (Phi) is 3.15. The molecule has 2 amide bonds. The SMILES string of the molecule is CNCC(C)(C)NC(N)=O. The van der Waals surface area contributed by atoms with Gasteiger partial charge in [-0.15, -0.1) is 0 Å². The summed E-state index contributed by atoms with van der Waals surface area (Å²) in [5.74, 6) is 0. The Labute approximate surface area is 61.2 Å². The van der Waals surface area contributed by atoms with Gasteiger partial charge in [-0.25, -0.2) is 4.79 Å². The first kappa shape index (κ1) is 9.23. The van der Waals surface area contributed by atoms with E-state index < -0.39 is 6.03 Å². The number of rotatable bonds is 3. The number of carbonyl (C=O) groups excluding carboxylic acids is 1. The van der Waals surface area contributed by atoms with Gasteiger partial charge in [0.1, 0.15) is 0 Å². The van der Waals surface area contributed by atoms with E-state index in [1.54, 1.807) is 0 Å². The highest BCUT2D eigenvalue weighted by Gasteiger charge is 2.16. The third-order valence-electron chi connectivity index (χ3n) is 1.08. The van der Waals surface area contributed by atoms with Crippen LogP contribution in [0, 0.1) is 0 Å². The van der Waals surface area contributed by atoms with Crippen LogP contribution >= 0.6 is 0 Å². The van der Waals surface area contributed by atoms with Gasteiger partial charge in [0.05, 0.1) is 0 Å². The molecule has 0 rings (SSSR count). The summed E-state index contributed by atoms with van der Waals surface area (Å²) in [6, 6.07) is -0.486. The highest BCUT2D eigenvalue weighted by Crippen LogP contribution is 1.97. The van der Waals surface area contributed by atoms with Crippen molar-refractivity contribution in [2.24, 2.45) is 5.73 Å². The lowest BCUT2D eigenvalue weighted by atomic mass is 10.1. The van der Waals surface area contributed by atoms with Crippen LogP contribution in [-0.4, -0.2) is 25.2 Å². The summed E-state index contributed by atoms with van der Waals surface area (Å²) in [5.41, 5.74) is 4.67. The first-order valence-corrected chi connectivity index (χ1v) is 3.20. The zero-order valence-electron chi connectivity index (χ0n) is 6.69. The molecular formula is C6H15N3O. The number of carbonyl (C=O) groups is 1. The van der Waals surface area contributed by atoms with Crippen molar-refractivity contribution in [3.05, 3.63) is 0 Å². The van der Waals surface area contributed by atoms with E-state index in [-0.39, 0.29) is 5.54 Å². The van der Waals surface area contributed by atoms with Crippen LogP contribution in [0.5, 0.6) is 0 Å². The van der Waals surface area contributed by atoms with Crippen molar-refractivity contribution in [1.82, 2.24) is 10.6 Å². The quantitative estimate of drug-likeness (QED) is 0.508.